The van der Waals surface area contributed by atoms with Crippen LogP contribution < -0.4 is 10.9 Å². The number of hydrogen-bond acceptors (Lipinski definition) is 5. The van der Waals surface area contributed by atoms with Crippen LogP contribution in [-0.2, 0) is 12.8 Å². The third kappa shape index (κ3) is 2.12. The molecular formula is C13H15N3O3S. The number of aromatic amines is 1. The molecule has 20 heavy (non-hydrogen) atoms. The number of carbonyl (C=O) groups excluding carboxylic acids is 1. The number of nitrogens with zero attached hydrogens (tertiary/aromatic N) is 1. The van der Waals surface area contributed by atoms with Crippen molar-refractivity contribution in [1.29, 1.82) is 0 Å². The van der Waals surface area contributed by atoms with Crippen LogP contribution in [0.15, 0.2) is 4.79 Å². The molecular weight excluding hydrogens is 278 g/mol. The quantitative estimate of drug-likeness (QED) is 0.771. The monoisotopic (exact) mass is 293 g/mol. The van der Waals surface area contributed by atoms with Crippen molar-refractivity contribution in [2.45, 2.75) is 32.2 Å². The molecule has 1 aliphatic rings. The van der Waals surface area contributed by atoms with Crippen LogP contribution in [0.5, 0.6) is 0 Å². The largest absolute Gasteiger partial charge is 0.394 e. The van der Waals surface area contributed by atoms with E-state index in [-0.39, 0.29) is 24.0 Å². The second kappa shape index (κ2) is 4.99. The van der Waals surface area contributed by atoms with Gasteiger partial charge in [0.05, 0.1) is 12.0 Å². The molecule has 2 aromatic heterocycles. The van der Waals surface area contributed by atoms with Crippen LogP contribution in [0.2, 0.25) is 0 Å². The number of aliphatic hydroxyl groups is 1. The summed E-state index contributed by atoms with van der Waals surface area (Å²) >= 11 is 1.50. The fourth-order valence-electron chi connectivity index (χ4n) is 2.45. The fourth-order valence-corrected chi connectivity index (χ4v) is 3.71. The van der Waals surface area contributed by atoms with Gasteiger partial charge in [0, 0.05) is 10.9 Å². The molecule has 0 unspecified atom stereocenters. The fraction of sp³-hybridized carbons (Fsp3) is 0.462. The Morgan fingerprint density at radius 3 is 3.10 bits per heavy atom. The zero-order chi connectivity index (χ0) is 14.3. The van der Waals surface area contributed by atoms with E-state index < -0.39 is 5.91 Å². The lowest BCUT2D eigenvalue weighted by atomic mass is 10.2. The summed E-state index contributed by atoms with van der Waals surface area (Å²) in [4.78, 5) is 32.7. The Labute approximate surface area is 118 Å². The number of thiophene rings is 1. The standard InChI is InChI=1S/C13H15N3O3S/c1-6(5-17)14-12(19)10-15-11(18)9-7-3-2-4-8(7)20-13(9)16-10/h6,17H,2-5H2,1H3,(H,14,19)(H,15,16,18)/t6-/m0/s1. The zero-order valence-electron chi connectivity index (χ0n) is 11.0. The van der Waals surface area contributed by atoms with Gasteiger partial charge >= 0.3 is 0 Å². The molecule has 6 nitrogen and oxygen atoms in total. The molecule has 0 spiro atoms. The first-order valence-electron chi connectivity index (χ1n) is 6.56. The molecule has 0 saturated carbocycles. The molecule has 3 N–H and O–H groups in total. The van der Waals surface area contributed by atoms with Gasteiger partial charge in [0.25, 0.3) is 11.5 Å². The Balaban J connectivity index is 2.03. The van der Waals surface area contributed by atoms with Gasteiger partial charge in [-0.2, -0.15) is 0 Å². The molecule has 0 radical (unpaired) electrons. The van der Waals surface area contributed by atoms with Crippen LogP contribution in [0.4, 0.5) is 0 Å². The van der Waals surface area contributed by atoms with Crippen molar-refractivity contribution in [3.8, 4) is 0 Å². The van der Waals surface area contributed by atoms with E-state index in [1.807, 2.05) is 0 Å². The summed E-state index contributed by atoms with van der Waals surface area (Å²) in [6.07, 6.45) is 2.97. The van der Waals surface area contributed by atoms with Crippen molar-refractivity contribution in [3.63, 3.8) is 0 Å². The Kier molecular flexibility index (Phi) is 3.31. The Morgan fingerprint density at radius 2 is 2.35 bits per heavy atom. The van der Waals surface area contributed by atoms with Gasteiger partial charge in [-0.3, -0.25) is 9.59 Å². The minimum atomic E-state index is -0.473. The van der Waals surface area contributed by atoms with E-state index in [2.05, 4.69) is 15.3 Å². The summed E-state index contributed by atoms with van der Waals surface area (Å²) in [5.74, 6) is -0.471. The number of rotatable bonds is 3. The molecule has 0 fully saturated rings. The van der Waals surface area contributed by atoms with Crippen LogP contribution in [0, 0.1) is 0 Å². The van der Waals surface area contributed by atoms with Crippen molar-refractivity contribution in [2.75, 3.05) is 6.61 Å². The van der Waals surface area contributed by atoms with Crippen molar-refractivity contribution >= 4 is 27.5 Å². The van der Waals surface area contributed by atoms with E-state index in [4.69, 9.17) is 5.11 Å². The minimum absolute atomic E-state index is 0.00252. The highest BCUT2D eigenvalue weighted by Gasteiger charge is 2.22. The summed E-state index contributed by atoms with van der Waals surface area (Å²) in [6, 6.07) is -0.378. The minimum Gasteiger partial charge on any atom is -0.394 e. The lowest BCUT2D eigenvalue weighted by Crippen LogP contribution is -2.36. The van der Waals surface area contributed by atoms with E-state index in [1.165, 1.54) is 16.2 Å². The smallest absolute Gasteiger partial charge is 0.287 e. The summed E-state index contributed by atoms with van der Waals surface area (Å²) < 4.78 is 0. The average molecular weight is 293 g/mol. The van der Waals surface area contributed by atoms with Gasteiger partial charge in [-0.1, -0.05) is 0 Å². The normalized spacial score (nSPS) is 15.3. The molecule has 3 rings (SSSR count). The molecule has 0 saturated heterocycles. The Morgan fingerprint density at radius 1 is 1.55 bits per heavy atom. The van der Waals surface area contributed by atoms with Crippen molar-refractivity contribution in [3.05, 3.63) is 26.6 Å². The predicted molar refractivity (Wildman–Crippen MR) is 76.3 cm³/mol. The predicted octanol–water partition coefficient (Wildman–Crippen LogP) is 0.584. The first-order chi connectivity index (χ1) is 9.60. The highest BCUT2D eigenvalue weighted by molar-refractivity contribution is 7.18. The third-order valence-electron chi connectivity index (χ3n) is 3.44. The van der Waals surface area contributed by atoms with Crippen LogP contribution in [0.3, 0.4) is 0 Å². The van der Waals surface area contributed by atoms with Gasteiger partial charge in [-0.05, 0) is 31.7 Å². The summed E-state index contributed by atoms with van der Waals surface area (Å²) in [5.41, 5.74) is 0.839. The molecule has 2 heterocycles. The van der Waals surface area contributed by atoms with Gasteiger partial charge in [0.15, 0.2) is 0 Å². The van der Waals surface area contributed by atoms with Gasteiger partial charge in [0.1, 0.15) is 4.83 Å². The van der Waals surface area contributed by atoms with Gasteiger partial charge in [0.2, 0.25) is 5.82 Å². The van der Waals surface area contributed by atoms with Crippen molar-refractivity contribution in [2.24, 2.45) is 0 Å². The van der Waals surface area contributed by atoms with E-state index in [0.717, 1.165) is 24.8 Å². The van der Waals surface area contributed by atoms with E-state index in [1.54, 1.807) is 6.92 Å². The molecule has 106 valence electrons. The van der Waals surface area contributed by atoms with E-state index >= 15 is 0 Å². The number of nitrogens with one attached hydrogen (secondary N) is 2. The van der Waals surface area contributed by atoms with Crippen LogP contribution in [0.1, 0.15) is 34.4 Å². The van der Waals surface area contributed by atoms with Crippen molar-refractivity contribution in [1.82, 2.24) is 15.3 Å². The number of H-pyrrole nitrogens is 1. The highest BCUT2D eigenvalue weighted by atomic mass is 32.1. The number of amides is 1. The average Bonchev–Trinajstić information content (AvgIpc) is 2.97. The molecule has 1 atom stereocenters. The van der Waals surface area contributed by atoms with Crippen LogP contribution >= 0.6 is 11.3 Å². The maximum Gasteiger partial charge on any atom is 0.287 e. The molecule has 0 aromatic carbocycles. The third-order valence-corrected chi connectivity index (χ3v) is 4.63. The van der Waals surface area contributed by atoms with E-state index in [0.29, 0.717) is 10.2 Å². The number of aliphatic hydroxyl groups excluding tert-OH is 1. The number of hydrogen-bond donors (Lipinski definition) is 3. The lowest BCUT2D eigenvalue weighted by Gasteiger charge is -2.09. The Bertz CT molecular complexity index is 734. The molecule has 1 aliphatic carbocycles. The number of aryl methyl sites for hydroxylation is 2. The molecule has 0 bridgehead atoms. The molecule has 0 aliphatic heterocycles. The number of carbonyl (C=O) groups is 1. The van der Waals surface area contributed by atoms with Crippen LogP contribution in [-0.4, -0.2) is 33.6 Å². The summed E-state index contributed by atoms with van der Waals surface area (Å²) in [7, 11) is 0. The zero-order valence-corrected chi connectivity index (χ0v) is 11.8. The van der Waals surface area contributed by atoms with Gasteiger partial charge < -0.3 is 15.4 Å². The number of fused-ring (bicyclic) bond motifs is 3. The van der Waals surface area contributed by atoms with Crippen molar-refractivity contribution < 1.29 is 9.90 Å². The lowest BCUT2D eigenvalue weighted by molar-refractivity contribution is 0.0912. The Hall–Kier alpha value is -1.73. The second-order valence-corrected chi connectivity index (χ2v) is 6.09. The first kappa shape index (κ1) is 13.3. The molecule has 2 aromatic rings. The topological polar surface area (TPSA) is 95.1 Å². The van der Waals surface area contributed by atoms with Gasteiger partial charge in [-0.15, -0.1) is 11.3 Å². The van der Waals surface area contributed by atoms with Crippen LogP contribution in [0.25, 0.3) is 10.2 Å². The van der Waals surface area contributed by atoms with Gasteiger partial charge in [-0.25, -0.2) is 4.98 Å². The molecule has 1 amide bonds. The SMILES string of the molecule is C[C@@H](CO)NC(=O)c1nc2sc3c(c2c(=O)[nH]1)CCC3. The highest BCUT2D eigenvalue weighted by Crippen LogP contribution is 2.34. The summed E-state index contributed by atoms with van der Waals surface area (Å²) in [5, 5.41) is 12.1. The maximum atomic E-state index is 12.2. The summed E-state index contributed by atoms with van der Waals surface area (Å²) in [6.45, 7) is 1.51. The van der Waals surface area contributed by atoms with E-state index in [9.17, 15) is 9.59 Å². The molecule has 7 heteroatoms. The second-order valence-electron chi connectivity index (χ2n) is 5.01. The first-order valence-corrected chi connectivity index (χ1v) is 7.38. The maximum absolute atomic E-state index is 12.2. The number of aromatic nitrogens is 2.